The molecule has 27 heavy (non-hydrogen) atoms. The molecular weight excluding hydrogens is 380 g/mol. The van der Waals surface area contributed by atoms with E-state index in [1.54, 1.807) is 7.11 Å². The molecule has 2 aromatic carbocycles. The van der Waals surface area contributed by atoms with Gasteiger partial charge in [-0.2, -0.15) is 0 Å². The third-order valence-electron chi connectivity index (χ3n) is 4.74. The molecule has 1 aliphatic rings. The van der Waals surface area contributed by atoms with Crippen molar-refractivity contribution in [1.82, 2.24) is 4.90 Å². The first-order valence-electron chi connectivity index (χ1n) is 9.13. The van der Waals surface area contributed by atoms with Crippen LogP contribution in [0.3, 0.4) is 0 Å². The molecule has 1 heterocycles. The van der Waals surface area contributed by atoms with Crippen LogP contribution < -0.4 is 10.1 Å². The highest BCUT2D eigenvalue weighted by atomic mass is 35.5. The van der Waals surface area contributed by atoms with E-state index in [0.717, 1.165) is 48.6 Å². The Morgan fingerprint density at radius 1 is 1.30 bits per heavy atom. The molecule has 0 spiro atoms. The zero-order chi connectivity index (χ0) is 19.2. The van der Waals surface area contributed by atoms with Crippen molar-refractivity contribution in [2.24, 2.45) is 0 Å². The SMILES string of the molecule is COc1ccccc1CN(CC1CCCO1)C(=S)Nc1c(C)cccc1Cl. The Bertz CT molecular complexity index is 773. The molecule has 1 N–H and O–H groups in total. The molecule has 0 aromatic heterocycles. The summed E-state index contributed by atoms with van der Waals surface area (Å²) in [4.78, 5) is 2.13. The van der Waals surface area contributed by atoms with Gasteiger partial charge in [-0.25, -0.2) is 0 Å². The summed E-state index contributed by atoms with van der Waals surface area (Å²) in [5.74, 6) is 0.853. The number of methoxy groups -OCH3 is 1. The zero-order valence-corrected chi connectivity index (χ0v) is 17.3. The number of anilines is 1. The fourth-order valence-corrected chi connectivity index (χ4v) is 3.78. The second kappa shape index (κ2) is 9.40. The predicted molar refractivity (Wildman–Crippen MR) is 115 cm³/mol. The minimum Gasteiger partial charge on any atom is -0.496 e. The van der Waals surface area contributed by atoms with Crippen molar-refractivity contribution in [2.45, 2.75) is 32.4 Å². The number of halogens is 1. The summed E-state index contributed by atoms with van der Waals surface area (Å²) in [7, 11) is 1.69. The molecule has 144 valence electrons. The average molecular weight is 405 g/mol. The van der Waals surface area contributed by atoms with Gasteiger partial charge in [-0.1, -0.05) is 41.9 Å². The lowest BCUT2D eigenvalue weighted by Gasteiger charge is -2.29. The average Bonchev–Trinajstić information content (AvgIpc) is 3.17. The number of hydrogen-bond acceptors (Lipinski definition) is 3. The molecule has 3 rings (SSSR count). The van der Waals surface area contributed by atoms with Gasteiger partial charge in [-0.3, -0.25) is 0 Å². The fourth-order valence-electron chi connectivity index (χ4n) is 3.27. The molecule has 0 amide bonds. The van der Waals surface area contributed by atoms with Crippen molar-refractivity contribution < 1.29 is 9.47 Å². The maximum absolute atomic E-state index is 6.37. The molecule has 0 aliphatic carbocycles. The Kier molecular flexibility index (Phi) is 6.94. The van der Waals surface area contributed by atoms with Crippen LogP contribution in [0.25, 0.3) is 0 Å². The number of aryl methyl sites for hydroxylation is 1. The number of para-hydroxylation sites is 2. The molecule has 4 nitrogen and oxygen atoms in total. The molecule has 0 radical (unpaired) electrons. The van der Waals surface area contributed by atoms with Crippen LogP contribution in [0.15, 0.2) is 42.5 Å². The molecule has 0 saturated carbocycles. The van der Waals surface area contributed by atoms with Crippen LogP contribution in [0, 0.1) is 6.92 Å². The van der Waals surface area contributed by atoms with Crippen LogP contribution in [0.4, 0.5) is 5.69 Å². The van der Waals surface area contributed by atoms with Crippen LogP contribution >= 0.6 is 23.8 Å². The number of hydrogen-bond donors (Lipinski definition) is 1. The quantitative estimate of drug-likeness (QED) is 0.682. The van der Waals surface area contributed by atoms with Gasteiger partial charge in [-0.15, -0.1) is 0 Å². The van der Waals surface area contributed by atoms with E-state index in [1.165, 1.54) is 0 Å². The first-order chi connectivity index (χ1) is 13.1. The van der Waals surface area contributed by atoms with Crippen molar-refractivity contribution in [2.75, 3.05) is 25.6 Å². The first kappa shape index (κ1) is 19.9. The molecular formula is C21H25ClN2O2S. The summed E-state index contributed by atoms with van der Waals surface area (Å²) >= 11 is 12.1. The van der Waals surface area contributed by atoms with Crippen LogP contribution in [-0.2, 0) is 11.3 Å². The highest BCUT2D eigenvalue weighted by Gasteiger charge is 2.22. The van der Waals surface area contributed by atoms with Crippen LogP contribution in [0.5, 0.6) is 5.75 Å². The second-order valence-corrected chi connectivity index (χ2v) is 7.48. The smallest absolute Gasteiger partial charge is 0.173 e. The topological polar surface area (TPSA) is 33.7 Å². The molecule has 1 atom stereocenters. The summed E-state index contributed by atoms with van der Waals surface area (Å²) in [5, 5.41) is 4.63. The minimum atomic E-state index is 0.187. The largest absolute Gasteiger partial charge is 0.496 e. The second-order valence-electron chi connectivity index (χ2n) is 6.69. The standard InChI is InChI=1S/C21H25ClN2O2S/c1-15-7-5-10-18(22)20(15)23-21(27)24(14-17-9-6-12-26-17)13-16-8-3-4-11-19(16)25-2/h3-5,7-8,10-11,17H,6,9,12-14H2,1-2H3,(H,23,27). The number of benzene rings is 2. The first-order valence-corrected chi connectivity index (χ1v) is 9.91. The van der Waals surface area contributed by atoms with E-state index in [4.69, 9.17) is 33.3 Å². The zero-order valence-electron chi connectivity index (χ0n) is 15.7. The number of nitrogens with zero attached hydrogens (tertiary/aromatic N) is 1. The number of thiocarbonyl (C=S) groups is 1. The third-order valence-corrected chi connectivity index (χ3v) is 5.42. The number of nitrogens with one attached hydrogen (secondary N) is 1. The van der Waals surface area contributed by atoms with Crippen molar-refractivity contribution in [1.29, 1.82) is 0 Å². The van der Waals surface area contributed by atoms with Crippen LogP contribution in [0.2, 0.25) is 5.02 Å². The van der Waals surface area contributed by atoms with Crippen molar-refractivity contribution in [3.8, 4) is 5.75 Å². The molecule has 6 heteroatoms. The van der Waals surface area contributed by atoms with E-state index in [0.29, 0.717) is 16.7 Å². The molecule has 1 fully saturated rings. The third kappa shape index (κ3) is 5.12. The minimum absolute atomic E-state index is 0.187. The summed E-state index contributed by atoms with van der Waals surface area (Å²) in [6.45, 7) is 4.20. The van der Waals surface area contributed by atoms with E-state index < -0.39 is 0 Å². The highest BCUT2D eigenvalue weighted by molar-refractivity contribution is 7.80. The Morgan fingerprint density at radius 3 is 2.81 bits per heavy atom. The predicted octanol–water partition coefficient (Wildman–Crippen LogP) is 5.04. The number of rotatable bonds is 6. The number of ether oxygens (including phenoxy) is 2. The molecule has 1 unspecified atom stereocenters. The molecule has 1 saturated heterocycles. The monoisotopic (exact) mass is 404 g/mol. The van der Waals surface area contributed by atoms with Gasteiger partial charge in [0.05, 0.1) is 23.9 Å². The Hall–Kier alpha value is -1.82. The Labute approximate surface area is 171 Å². The molecule has 1 aliphatic heterocycles. The van der Waals surface area contributed by atoms with Gasteiger partial charge >= 0.3 is 0 Å². The maximum Gasteiger partial charge on any atom is 0.173 e. The van der Waals surface area contributed by atoms with Gasteiger partial charge in [0.2, 0.25) is 0 Å². The van der Waals surface area contributed by atoms with E-state index in [2.05, 4.69) is 16.3 Å². The lowest BCUT2D eigenvalue weighted by Crippen LogP contribution is -2.39. The molecule has 0 bridgehead atoms. The van der Waals surface area contributed by atoms with Gasteiger partial charge < -0.3 is 19.7 Å². The fraction of sp³-hybridized carbons (Fsp3) is 0.381. The van der Waals surface area contributed by atoms with Crippen LogP contribution in [-0.4, -0.2) is 36.4 Å². The van der Waals surface area contributed by atoms with Gasteiger partial charge in [0.25, 0.3) is 0 Å². The van der Waals surface area contributed by atoms with Gasteiger partial charge in [0, 0.05) is 25.3 Å². The van der Waals surface area contributed by atoms with E-state index >= 15 is 0 Å². The lowest BCUT2D eigenvalue weighted by molar-refractivity contribution is 0.0903. The summed E-state index contributed by atoms with van der Waals surface area (Å²) in [6, 6.07) is 13.8. The van der Waals surface area contributed by atoms with Crippen molar-refractivity contribution in [3.05, 3.63) is 58.6 Å². The lowest BCUT2D eigenvalue weighted by atomic mass is 10.1. The van der Waals surface area contributed by atoms with Gasteiger partial charge in [-0.05, 0) is 49.7 Å². The van der Waals surface area contributed by atoms with Crippen molar-refractivity contribution >= 4 is 34.6 Å². The maximum atomic E-state index is 6.37. The van der Waals surface area contributed by atoms with E-state index in [-0.39, 0.29) is 6.10 Å². The molecule has 2 aromatic rings. The highest BCUT2D eigenvalue weighted by Crippen LogP contribution is 2.27. The summed E-state index contributed by atoms with van der Waals surface area (Å²) in [5.41, 5.74) is 2.98. The van der Waals surface area contributed by atoms with Crippen molar-refractivity contribution in [3.63, 3.8) is 0 Å². The van der Waals surface area contributed by atoms with Gasteiger partial charge in [0.1, 0.15) is 5.75 Å². The van der Waals surface area contributed by atoms with E-state index in [1.807, 2.05) is 43.3 Å². The Morgan fingerprint density at radius 2 is 2.11 bits per heavy atom. The van der Waals surface area contributed by atoms with Crippen LogP contribution in [0.1, 0.15) is 24.0 Å². The summed E-state index contributed by atoms with van der Waals surface area (Å²) in [6.07, 6.45) is 2.33. The van der Waals surface area contributed by atoms with Gasteiger partial charge in [0.15, 0.2) is 5.11 Å². The normalized spacial score (nSPS) is 16.2. The summed E-state index contributed by atoms with van der Waals surface area (Å²) < 4.78 is 11.3. The Balaban J connectivity index is 1.81. The van der Waals surface area contributed by atoms with E-state index in [9.17, 15) is 0 Å².